The van der Waals surface area contributed by atoms with Gasteiger partial charge in [-0.05, 0) is 16.4 Å². The number of nitro benzene ring substituents is 1. The second-order valence-corrected chi connectivity index (χ2v) is 10.0. The molecule has 31 heavy (non-hydrogen) atoms. The lowest BCUT2D eigenvalue weighted by Crippen LogP contribution is -2.33. The van der Waals surface area contributed by atoms with Gasteiger partial charge in [0.25, 0.3) is 5.69 Å². The van der Waals surface area contributed by atoms with Crippen molar-refractivity contribution in [3.63, 3.8) is 0 Å². The van der Waals surface area contributed by atoms with E-state index in [4.69, 9.17) is 0 Å². The molecule has 2 aliphatic carbocycles. The van der Waals surface area contributed by atoms with Gasteiger partial charge in [-0.2, -0.15) is 0 Å². The SMILES string of the molecule is CC1(C)CC(=O)C(C(C2=C(O)CC(C)(C)CC2=O)c2cc([N+](=O)[O-])ccc2[O-])=C(O)C1. The zero-order valence-corrected chi connectivity index (χ0v) is 18.0. The van der Waals surface area contributed by atoms with Crippen LogP contribution < -0.4 is 5.11 Å². The van der Waals surface area contributed by atoms with Crippen LogP contribution in [0.1, 0.15) is 64.9 Å². The highest BCUT2D eigenvalue weighted by Gasteiger charge is 2.44. The second-order valence-electron chi connectivity index (χ2n) is 10.0. The Labute approximate surface area is 180 Å². The van der Waals surface area contributed by atoms with E-state index in [9.17, 15) is 35.0 Å². The minimum absolute atomic E-state index is 0.0692. The predicted molar refractivity (Wildman–Crippen MR) is 111 cm³/mol. The number of benzene rings is 1. The van der Waals surface area contributed by atoms with Crippen molar-refractivity contribution in [3.8, 4) is 5.75 Å². The zero-order chi connectivity index (χ0) is 23.3. The number of hydrogen-bond donors (Lipinski definition) is 2. The molecule has 0 saturated heterocycles. The van der Waals surface area contributed by atoms with E-state index in [-0.39, 0.29) is 59.6 Å². The smallest absolute Gasteiger partial charge is 0.269 e. The Morgan fingerprint density at radius 1 is 0.903 bits per heavy atom. The lowest BCUT2D eigenvalue weighted by atomic mass is 9.67. The van der Waals surface area contributed by atoms with Crippen LogP contribution in [0, 0.1) is 20.9 Å². The number of aliphatic hydroxyl groups is 2. The Balaban J connectivity index is 2.32. The van der Waals surface area contributed by atoms with Gasteiger partial charge in [0.15, 0.2) is 11.6 Å². The van der Waals surface area contributed by atoms with Gasteiger partial charge in [0.05, 0.1) is 4.92 Å². The molecule has 0 unspecified atom stereocenters. The lowest BCUT2D eigenvalue weighted by Gasteiger charge is -2.37. The van der Waals surface area contributed by atoms with E-state index < -0.39 is 39.0 Å². The third-order valence-corrected chi connectivity index (χ3v) is 5.89. The third-order valence-electron chi connectivity index (χ3n) is 5.89. The van der Waals surface area contributed by atoms with Gasteiger partial charge in [0, 0.05) is 54.9 Å². The summed E-state index contributed by atoms with van der Waals surface area (Å²) in [6.45, 7) is 7.24. The van der Waals surface area contributed by atoms with Crippen molar-refractivity contribution in [2.45, 2.75) is 59.3 Å². The quantitative estimate of drug-likeness (QED) is 0.542. The monoisotopic (exact) mass is 428 g/mol. The minimum atomic E-state index is -1.36. The summed E-state index contributed by atoms with van der Waals surface area (Å²) in [6.07, 6.45) is 0.419. The van der Waals surface area contributed by atoms with Crippen LogP contribution in [-0.2, 0) is 9.59 Å². The zero-order valence-electron chi connectivity index (χ0n) is 18.0. The van der Waals surface area contributed by atoms with Crippen LogP contribution in [0.3, 0.4) is 0 Å². The van der Waals surface area contributed by atoms with E-state index in [0.29, 0.717) is 0 Å². The van der Waals surface area contributed by atoms with Crippen molar-refractivity contribution in [1.82, 2.24) is 0 Å². The van der Waals surface area contributed by atoms with Crippen LogP contribution in [0.15, 0.2) is 40.9 Å². The topological polar surface area (TPSA) is 141 Å². The molecule has 0 fully saturated rings. The Hall–Kier alpha value is -3.16. The molecule has 1 aromatic rings. The maximum atomic E-state index is 13.1. The average molecular weight is 428 g/mol. The molecule has 3 rings (SSSR count). The van der Waals surface area contributed by atoms with Gasteiger partial charge in [0.2, 0.25) is 0 Å². The van der Waals surface area contributed by atoms with Crippen molar-refractivity contribution < 1.29 is 29.8 Å². The summed E-state index contributed by atoms with van der Waals surface area (Å²) in [4.78, 5) is 36.8. The highest BCUT2D eigenvalue weighted by molar-refractivity contribution is 6.05. The molecule has 0 radical (unpaired) electrons. The summed E-state index contributed by atoms with van der Waals surface area (Å²) in [5.74, 6) is -3.43. The number of aliphatic hydroxyl groups excluding tert-OH is 2. The molecule has 166 valence electrons. The van der Waals surface area contributed by atoms with E-state index in [2.05, 4.69) is 0 Å². The molecule has 0 atom stereocenters. The summed E-state index contributed by atoms with van der Waals surface area (Å²) in [5, 5.41) is 45.6. The average Bonchev–Trinajstić information content (AvgIpc) is 2.57. The molecule has 8 nitrogen and oxygen atoms in total. The number of rotatable bonds is 4. The van der Waals surface area contributed by atoms with Gasteiger partial charge in [-0.1, -0.05) is 33.8 Å². The molecule has 8 heteroatoms. The van der Waals surface area contributed by atoms with Crippen LogP contribution in [0.25, 0.3) is 0 Å². The molecule has 1 aromatic carbocycles. The summed E-state index contributed by atoms with van der Waals surface area (Å²) in [5.41, 5.74) is -1.90. The van der Waals surface area contributed by atoms with E-state index in [1.165, 1.54) is 0 Å². The van der Waals surface area contributed by atoms with Gasteiger partial charge in [-0.3, -0.25) is 19.7 Å². The first-order chi connectivity index (χ1) is 14.2. The fraction of sp³-hybridized carbons (Fsp3) is 0.478. The molecular weight excluding hydrogens is 402 g/mol. The third kappa shape index (κ3) is 4.33. The number of non-ortho nitro benzene ring substituents is 1. The molecule has 0 aliphatic heterocycles. The molecule has 0 bridgehead atoms. The van der Waals surface area contributed by atoms with Gasteiger partial charge >= 0.3 is 0 Å². The highest BCUT2D eigenvalue weighted by atomic mass is 16.6. The molecule has 0 aromatic heterocycles. The van der Waals surface area contributed by atoms with Crippen LogP contribution >= 0.6 is 0 Å². The van der Waals surface area contributed by atoms with Crippen molar-refractivity contribution in [3.05, 3.63) is 56.5 Å². The van der Waals surface area contributed by atoms with Crippen molar-refractivity contribution in [1.29, 1.82) is 0 Å². The molecule has 2 aliphatic rings. The lowest BCUT2D eigenvalue weighted by molar-refractivity contribution is -0.385. The van der Waals surface area contributed by atoms with Gasteiger partial charge in [-0.25, -0.2) is 0 Å². The maximum absolute atomic E-state index is 13.1. The van der Waals surface area contributed by atoms with E-state index in [1.54, 1.807) is 0 Å². The van der Waals surface area contributed by atoms with Crippen LogP contribution in [0.2, 0.25) is 0 Å². The van der Waals surface area contributed by atoms with E-state index in [1.807, 2.05) is 27.7 Å². The number of ketones is 2. The fourth-order valence-electron chi connectivity index (χ4n) is 4.59. The summed E-state index contributed by atoms with van der Waals surface area (Å²) in [7, 11) is 0. The number of allylic oxidation sites excluding steroid dienone is 4. The summed E-state index contributed by atoms with van der Waals surface area (Å²) in [6, 6.07) is 3.07. The molecule has 0 amide bonds. The molecule has 0 heterocycles. The van der Waals surface area contributed by atoms with Crippen molar-refractivity contribution in [2.24, 2.45) is 10.8 Å². The standard InChI is InChI=1S/C23H27NO7/c1-22(2)8-15(26)20(16(27)9-22)19(13-7-12(24(30)31)5-6-14(13)25)21-17(28)10-23(3,4)11-18(21)29/h5-7,19,25-26,28H,8-11H2,1-4H3/p-1. The maximum Gasteiger partial charge on any atom is 0.269 e. The van der Waals surface area contributed by atoms with Crippen molar-refractivity contribution >= 4 is 17.3 Å². The minimum Gasteiger partial charge on any atom is -0.872 e. The molecular formula is C23H26NO7-. The van der Waals surface area contributed by atoms with Crippen LogP contribution in [0.5, 0.6) is 5.75 Å². The van der Waals surface area contributed by atoms with E-state index >= 15 is 0 Å². The Morgan fingerprint density at radius 3 is 1.74 bits per heavy atom. The van der Waals surface area contributed by atoms with Gasteiger partial charge < -0.3 is 15.3 Å². The number of carbonyl (C=O) groups is 2. The first-order valence-electron chi connectivity index (χ1n) is 10.1. The van der Waals surface area contributed by atoms with Gasteiger partial charge in [0.1, 0.15) is 11.5 Å². The first kappa shape index (κ1) is 22.5. The number of nitrogens with zero attached hydrogens (tertiary/aromatic N) is 1. The molecule has 0 saturated carbocycles. The van der Waals surface area contributed by atoms with Crippen LogP contribution in [0.4, 0.5) is 5.69 Å². The Kier molecular flexibility index (Phi) is 5.46. The van der Waals surface area contributed by atoms with Gasteiger partial charge in [-0.15, -0.1) is 5.75 Å². The Bertz CT molecular complexity index is 994. The predicted octanol–water partition coefficient (Wildman–Crippen LogP) is 4.15. The first-order valence-corrected chi connectivity index (χ1v) is 10.1. The summed E-state index contributed by atoms with van der Waals surface area (Å²) < 4.78 is 0. The fourth-order valence-corrected chi connectivity index (χ4v) is 4.59. The second kappa shape index (κ2) is 7.51. The number of nitro groups is 1. The molecule has 0 spiro atoms. The number of Topliss-reactive ketones (excluding diaryl/α,β-unsaturated/α-hetero) is 2. The van der Waals surface area contributed by atoms with Crippen molar-refractivity contribution in [2.75, 3.05) is 0 Å². The normalized spacial score (nSPS) is 21.1. The molecule has 2 N–H and O–H groups in total. The summed E-state index contributed by atoms with van der Waals surface area (Å²) >= 11 is 0. The highest BCUT2D eigenvalue weighted by Crippen LogP contribution is 2.49. The number of carbonyl (C=O) groups excluding carboxylic acids is 2. The van der Waals surface area contributed by atoms with E-state index in [0.717, 1.165) is 18.2 Å². The Morgan fingerprint density at radius 2 is 1.35 bits per heavy atom. The number of hydrogen-bond acceptors (Lipinski definition) is 7. The largest absolute Gasteiger partial charge is 0.872 e. The van der Waals surface area contributed by atoms with Crippen LogP contribution in [-0.4, -0.2) is 26.7 Å².